The molecule has 0 spiro atoms. The molecule has 38 nitrogen and oxygen atoms in total. The van der Waals surface area contributed by atoms with Crippen molar-refractivity contribution in [3.05, 3.63) is 206 Å². The molecule has 0 unspecified atom stereocenters. The fourth-order valence-corrected chi connectivity index (χ4v) is 13.1. The Bertz CT molecular complexity index is 7520. The van der Waals surface area contributed by atoms with Gasteiger partial charge in [-0.1, -0.05) is 0 Å². The summed E-state index contributed by atoms with van der Waals surface area (Å²) < 4.78 is 53.2. The first-order valence-corrected chi connectivity index (χ1v) is 37.8. The molecule has 132 heavy (non-hydrogen) atoms. The van der Waals surface area contributed by atoms with Gasteiger partial charge in [-0.25, -0.2) is 26.5 Å². The second-order valence-electron chi connectivity index (χ2n) is 28.3. The van der Waals surface area contributed by atoms with Crippen molar-refractivity contribution >= 4 is 65.8 Å². The second-order valence-corrected chi connectivity index (χ2v) is 28.3. The number of phenolic OH excluding ortho intramolecular Hbond substituents is 22. The van der Waals surface area contributed by atoms with Crippen LogP contribution in [0.3, 0.4) is 0 Å². The monoisotopic (exact) mass is 1810 g/mol. The number of ether oxygens (including phenoxy) is 4. The third-order valence-electron chi connectivity index (χ3n) is 19.4. The molecule has 0 amide bonds. The van der Waals surface area contributed by atoms with Gasteiger partial charge in [0.25, 0.3) is 0 Å². The van der Waals surface area contributed by atoms with E-state index in [1.54, 1.807) is 18.2 Å². The minimum atomic E-state index is -0.695. The molecule has 672 valence electrons. The van der Waals surface area contributed by atoms with Crippen LogP contribution in [0.4, 0.5) is 0 Å². The molecule has 28 N–H and O–H groups in total. The Morgan fingerprint density at radius 3 is 0.659 bits per heavy atom. The Morgan fingerprint density at radius 2 is 0.371 bits per heavy atom. The summed E-state index contributed by atoms with van der Waals surface area (Å²) in [5.74, 6) is -6.80. The lowest BCUT2D eigenvalue weighted by atomic mass is 10.1. The van der Waals surface area contributed by atoms with Gasteiger partial charge in [0.1, 0.15) is 107 Å². The molecule has 18 aromatic rings. The minimum Gasteiger partial charge on any atom is -0.508 e. The van der Waals surface area contributed by atoms with Gasteiger partial charge in [0.2, 0.25) is 46.0 Å². The van der Waals surface area contributed by atoms with E-state index < -0.39 is 28.7 Å². The van der Waals surface area contributed by atoms with Gasteiger partial charge >= 0.3 is 68.1 Å². The Hall–Kier alpha value is -19.3. The lowest BCUT2D eigenvalue weighted by Gasteiger charge is -2.09. The number of hydrogen-bond acceptors (Lipinski definition) is 32. The third-order valence-corrected chi connectivity index (χ3v) is 19.4. The standard InChI is InChI=1S/C17H14O7.C16H12O7.C16H12O6.C15H10O7.C15H10O6.C15H10O5/c1-22-14-3-8(4-15(23-2)16(14)21)17-12(20)7-10-11(19)5-9(18)6-13(10)24-17;1-22-14-3-7(2-11(19)15(14)21)16-12(20)6-9-10(18)4-8(17)5-13(9)23-16;1-21-15-4-8(2-3-11(15)18)16-13(20)7-10-12(19)5-9(17)6-14(10)22-16;16-7-3-9(17)8-5-12(20)15(22-13(8)4-7)6-1-10(18)14(21)11(19)2-6;16-8-4-11(18)9-6-13(20)15(21-14(9)5-8)7-1-2-10(17)12(19)3-7;16-9-3-1-8(2-4-9)15-13(19)7-11-12(18)5-10(17)6-14(11)20-15/h3-7H,1-2H3,(H3-,18,19,20,21);2-6H,1H3,(H4-,17,18,19,20,21);2-7H,1H3,(H3-,17,18,19,20);1-5H,(H5-,16,17,18,19,20,21);1-6H,(H4-,16,17,18,19,20);1-7H,(H3-,16,17,18,19)/p+6. The van der Waals surface area contributed by atoms with Gasteiger partial charge in [0.05, 0.1) is 98.2 Å². The maximum Gasteiger partial charge on any atom is 0.402 e. The highest BCUT2D eigenvalue weighted by Gasteiger charge is 2.33. The van der Waals surface area contributed by atoms with Crippen molar-refractivity contribution < 1.29 is 188 Å². The number of aromatic hydroxyl groups is 28. The van der Waals surface area contributed by atoms with Crippen molar-refractivity contribution in [3.8, 4) is 252 Å². The summed E-state index contributed by atoms with van der Waals surface area (Å²) >= 11 is 0. The molecule has 0 aliphatic carbocycles. The molecule has 0 bridgehead atoms. The molecule has 0 aliphatic rings. The first-order valence-electron chi connectivity index (χ1n) is 37.8. The molecule has 6 aromatic heterocycles. The normalized spacial score (nSPS) is 10.8. The average Bonchev–Trinajstić information content (AvgIpc) is 0.790. The first kappa shape index (κ1) is 90.4. The molecule has 38 heteroatoms. The third kappa shape index (κ3) is 19.0. The van der Waals surface area contributed by atoms with Gasteiger partial charge in [-0.15, -0.1) is 0 Å². The number of methoxy groups -OCH3 is 4. The summed E-state index contributed by atoms with van der Waals surface area (Å²) in [6.45, 7) is 0. The maximum atomic E-state index is 10.2. The van der Waals surface area contributed by atoms with Crippen LogP contribution < -0.4 is 18.9 Å². The Balaban J connectivity index is 0.000000135. The highest BCUT2D eigenvalue weighted by Crippen LogP contribution is 2.51. The highest BCUT2D eigenvalue weighted by atomic mass is 16.5. The van der Waals surface area contributed by atoms with E-state index in [1.165, 1.54) is 168 Å². The van der Waals surface area contributed by atoms with Crippen LogP contribution in [0.1, 0.15) is 0 Å². The van der Waals surface area contributed by atoms with Crippen molar-refractivity contribution in [1.29, 1.82) is 0 Å². The molecule has 18 rings (SSSR count). The van der Waals surface area contributed by atoms with Crippen molar-refractivity contribution in [2.45, 2.75) is 0 Å². The van der Waals surface area contributed by atoms with Crippen molar-refractivity contribution in [2.75, 3.05) is 28.4 Å². The summed E-state index contributed by atoms with van der Waals surface area (Å²) in [5.41, 5.74) is 3.05. The van der Waals surface area contributed by atoms with E-state index in [1.807, 2.05) is 0 Å². The van der Waals surface area contributed by atoms with E-state index in [9.17, 15) is 143 Å². The number of fused-ring (bicyclic) bond motifs is 6. The zero-order valence-corrected chi connectivity index (χ0v) is 68.2. The minimum absolute atomic E-state index is 0.00606. The Kier molecular flexibility index (Phi) is 25.3. The smallest absolute Gasteiger partial charge is 0.402 e. The predicted molar refractivity (Wildman–Crippen MR) is 469 cm³/mol. The molecular formula is C94H74O38+6. The first-order chi connectivity index (χ1) is 62.7. The number of benzene rings is 12. The highest BCUT2D eigenvalue weighted by molar-refractivity contribution is 5.94. The summed E-state index contributed by atoms with van der Waals surface area (Å²) in [7, 11) is 5.48. The van der Waals surface area contributed by atoms with Gasteiger partial charge in [-0.3, -0.25) is 0 Å². The van der Waals surface area contributed by atoms with E-state index in [0.717, 1.165) is 48.5 Å². The quantitative estimate of drug-likeness (QED) is 0.0446. The zero-order chi connectivity index (χ0) is 95.4. The SMILES string of the molecule is COc1cc(-c2[o+]c3cc(O)cc(O)c3cc2O)cc(O)c1O.COc1cc(-c2[o+]c3cc(O)cc(O)c3cc2O)cc(OC)c1O.COc1cc(-c2[o+]c3cc(O)cc(O)c3cc2O)ccc1O.Oc1cc(O)c2cc(O)c(-c3cc(O)c(O)c(O)c3)[o+]c2c1.Oc1cc(O)c2cc(O)c(-c3ccc(O)c(O)c3)[o+]c2c1.Oc1ccc(-c2[o+]c3cc(O)cc(O)c3cc2O)cc1. The number of phenols is 22. The van der Waals surface area contributed by atoms with E-state index >= 15 is 0 Å². The average molecular weight is 1810 g/mol. The van der Waals surface area contributed by atoms with Crippen LogP contribution in [0.5, 0.6) is 184 Å². The van der Waals surface area contributed by atoms with Crippen LogP contribution in [-0.2, 0) is 0 Å². The van der Waals surface area contributed by atoms with E-state index in [2.05, 4.69) is 0 Å². The molecule has 0 aliphatic heterocycles. The van der Waals surface area contributed by atoms with Crippen LogP contribution in [0, 0.1) is 0 Å². The van der Waals surface area contributed by atoms with Crippen LogP contribution in [-0.4, -0.2) is 171 Å². The zero-order valence-electron chi connectivity index (χ0n) is 68.2. The van der Waals surface area contributed by atoms with Crippen LogP contribution in [0.15, 0.2) is 233 Å². The predicted octanol–water partition coefficient (Wildman–Crippen LogP) is 18.1. The largest absolute Gasteiger partial charge is 0.508 e. The molecular weight excluding hydrogens is 1740 g/mol. The lowest BCUT2D eigenvalue weighted by Crippen LogP contribution is -1.91. The second kappa shape index (κ2) is 36.9. The van der Waals surface area contributed by atoms with E-state index in [0.29, 0.717) is 27.6 Å². The summed E-state index contributed by atoms with van der Waals surface area (Å²) in [4.78, 5) is 0. The lowest BCUT2D eigenvalue weighted by molar-refractivity contribution is 0.340. The molecule has 6 heterocycles. The fraction of sp³-hybridized carbons (Fsp3) is 0.0426. The van der Waals surface area contributed by atoms with Gasteiger partial charge in [-0.05, 0) is 48.5 Å². The van der Waals surface area contributed by atoms with Gasteiger partial charge in [0, 0.05) is 121 Å². The fourth-order valence-electron chi connectivity index (χ4n) is 13.1. The van der Waals surface area contributed by atoms with Gasteiger partial charge in [-0.2, -0.15) is 0 Å². The molecule has 12 aromatic carbocycles. The summed E-state index contributed by atoms with van der Waals surface area (Å²) in [5, 5.41) is 273. The maximum absolute atomic E-state index is 10.2. The molecule has 0 saturated carbocycles. The summed E-state index contributed by atoms with van der Waals surface area (Å²) in [6.07, 6.45) is 0. The molecule has 0 radical (unpaired) electrons. The summed E-state index contributed by atoms with van der Waals surface area (Å²) in [6, 6.07) is 44.5. The van der Waals surface area contributed by atoms with Crippen molar-refractivity contribution in [2.24, 2.45) is 0 Å². The van der Waals surface area contributed by atoms with Crippen LogP contribution >= 0.6 is 0 Å². The van der Waals surface area contributed by atoms with E-state index in [4.69, 9.17) is 45.5 Å². The van der Waals surface area contributed by atoms with Gasteiger partial charge in [0.15, 0.2) is 63.2 Å². The van der Waals surface area contributed by atoms with Gasteiger partial charge < -0.3 is 162 Å². The topological polar surface area (TPSA) is 671 Å². The molecule has 0 saturated heterocycles. The Morgan fingerprint density at radius 1 is 0.152 bits per heavy atom. The van der Waals surface area contributed by atoms with Crippen molar-refractivity contribution in [3.63, 3.8) is 0 Å². The van der Waals surface area contributed by atoms with Crippen molar-refractivity contribution in [1.82, 2.24) is 0 Å². The Labute approximate surface area is 737 Å². The van der Waals surface area contributed by atoms with Crippen LogP contribution in [0.25, 0.3) is 134 Å². The molecule has 0 fully saturated rings. The molecule has 0 atom stereocenters. The van der Waals surface area contributed by atoms with E-state index in [-0.39, 0.29) is 261 Å². The van der Waals surface area contributed by atoms with Crippen LogP contribution in [0.2, 0.25) is 0 Å². The number of hydrogen-bond donors (Lipinski definition) is 28. The number of rotatable bonds is 10.